The number of fused-ring (bicyclic) bond motifs is 4. The molecule has 14 nitrogen and oxygen atoms in total. The minimum absolute atomic E-state index is 0.0272. The summed E-state index contributed by atoms with van der Waals surface area (Å²) in [4.78, 5) is 36.3. The van der Waals surface area contributed by atoms with E-state index in [0.29, 0.717) is 81.5 Å². The van der Waals surface area contributed by atoms with E-state index < -0.39 is 6.04 Å². The molecule has 3 aromatic heterocycles. The number of benzene rings is 3. The number of halogens is 1. The van der Waals surface area contributed by atoms with Crippen LogP contribution in [0, 0.1) is 27.7 Å². The van der Waals surface area contributed by atoms with Gasteiger partial charge in [-0.1, -0.05) is 29.8 Å². The highest BCUT2D eigenvalue weighted by Crippen LogP contribution is 2.40. The van der Waals surface area contributed by atoms with E-state index in [1.807, 2.05) is 79.1 Å². The monoisotopic (exact) mass is 888 g/mol. The molecular formula is C47H49ClN8O6S. The molecular weight excluding hydrogens is 840 g/mol. The van der Waals surface area contributed by atoms with Gasteiger partial charge in [0.1, 0.15) is 35.0 Å². The van der Waals surface area contributed by atoms with Crippen LogP contribution in [0.5, 0.6) is 5.75 Å². The largest absolute Gasteiger partial charge is 0.491 e. The number of nitrogens with zero attached hydrogens (tertiary/aromatic N) is 5. The fraction of sp³-hybridized carbons (Fsp3) is 0.319. The standard InChI is InChI=1S/C47H49ClN8O6S/c1-28-30(3)63-47-44(28)45(32-5-8-35(48)9-6-32)53-40(46-55-54-31(4)56(46)47)27-43(58)51-36-10-12-37(13-11-36)62-24-23-61-22-21-60-20-19-59-18-17-49-41-16-14-38(29(2)50-41)33-7-15-39-34(25-33)26-42(57)52-39/h5-16,25,40H,17-24,26-27H2,1-4H3,(H,49,50)(H,51,58)(H,52,57)/t40-/m0/s1. The van der Waals surface area contributed by atoms with Gasteiger partial charge in [0.05, 0.1) is 58.2 Å². The van der Waals surface area contributed by atoms with Crippen molar-refractivity contribution in [2.45, 2.75) is 46.6 Å². The van der Waals surface area contributed by atoms with Gasteiger partial charge in [0.2, 0.25) is 11.8 Å². The van der Waals surface area contributed by atoms with E-state index in [1.165, 1.54) is 4.88 Å². The van der Waals surface area contributed by atoms with Gasteiger partial charge >= 0.3 is 0 Å². The fourth-order valence-corrected chi connectivity index (χ4v) is 8.87. The molecule has 0 fully saturated rings. The SMILES string of the molecule is Cc1nc(NCCOCCOCCOCCOc2ccc(NC(=O)C[C@@H]3N=C(c4ccc(Cl)cc4)c4c(sc(C)c4C)-n4c(C)nnc43)cc2)ccc1-c1ccc2c(c1)CC(=O)N2. The number of aromatic nitrogens is 4. The van der Waals surface area contributed by atoms with Crippen molar-refractivity contribution in [3.8, 4) is 21.9 Å². The van der Waals surface area contributed by atoms with Crippen LogP contribution in [-0.4, -0.2) is 90.1 Å². The zero-order valence-corrected chi connectivity index (χ0v) is 37.2. The van der Waals surface area contributed by atoms with Crippen LogP contribution in [0.2, 0.25) is 5.02 Å². The average Bonchev–Trinajstić information content (AvgIpc) is 3.91. The third-order valence-corrected chi connectivity index (χ3v) is 12.2. The molecule has 0 saturated heterocycles. The summed E-state index contributed by atoms with van der Waals surface area (Å²) < 4.78 is 24.9. The maximum Gasteiger partial charge on any atom is 0.228 e. The highest BCUT2D eigenvalue weighted by atomic mass is 35.5. The lowest BCUT2D eigenvalue weighted by Gasteiger charge is -2.13. The van der Waals surface area contributed by atoms with Crippen LogP contribution in [0.3, 0.4) is 0 Å². The lowest BCUT2D eigenvalue weighted by molar-refractivity contribution is -0.117. The first-order chi connectivity index (χ1) is 30.6. The van der Waals surface area contributed by atoms with Crippen molar-refractivity contribution in [2.75, 3.05) is 68.7 Å². The molecule has 0 radical (unpaired) electrons. The molecule has 0 aliphatic carbocycles. The Kier molecular flexibility index (Phi) is 13.9. The van der Waals surface area contributed by atoms with E-state index in [4.69, 9.17) is 40.5 Å². The molecule has 2 amide bonds. The van der Waals surface area contributed by atoms with Gasteiger partial charge in [-0.3, -0.25) is 19.1 Å². The minimum Gasteiger partial charge on any atom is -0.491 e. The maximum atomic E-state index is 13.5. The predicted molar refractivity (Wildman–Crippen MR) is 246 cm³/mol. The Hall–Kier alpha value is -5.97. The van der Waals surface area contributed by atoms with Crippen molar-refractivity contribution in [2.24, 2.45) is 4.99 Å². The van der Waals surface area contributed by atoms with Gasteiger partial charge in [-0.2, -0.15) is 0 Å². The molecule has 8 rings (SSSR count). The molecule has 0 bridgehead atoms. The van der Waals surface area contributed by atoms with Crippen molar-refractivity contribution in [3.63, 3.8) is 0 Å². The molecule has 6 aromatic rings. The Bertz CT molecular complexity index is 2630. The summed E-state index contributed by atoms with van der Waals surface area (Å²) in [6, 6.07) is 24.3. The molecule has 2 aliphatic rings. The second-order valence-corrected chi connectivity index (χ2v) is 16.9. The van der Waals surface area contributed by atoms with Crippen LogP contribution in [0.15, 0.2) is 83.9 Å². The summed E-state index contributed by atoms with van der Waals surface area (Å²) in [5.41, 5.74) is 9.40. The zero-order valence-electron chi connectivity index (χ0n) is 35.6. The Labute approximate surface area is 375 Å². The summed E-state index contributed by atoms with van der Waals surface area (Å²) in [5, 5.41) is 19.7. The Morgan fingerprint density at radius 1 is 0.857 bits per heavy atom. The first kappa shape index (κ1) is 43.7. The van der Waals surface area contributed by atoms with Gasteiger partial charge < -0.3 is 34.9 Å². The number of amides is 2. The Morgan fingerprint density at radius 3 is 2.32 bits per heavy atom. The van der Waals surface area contributed by atoms with Crippen molar-refractivity contribution < 1.29 is 28.5 Å². The minimum atomic E-state index is -0.569. The number of anilines is 3. The molecule has 0 spiro atoms. The number of ether oxygens (including phenoxy) is 4. The summed E-state index contributed by atoms with van der Waals surface area (Å²) in [5.74, 6) is 2.63. The quantitative estimate of drug-likeness (QED) is 0.0676. The van der Waals surface area contributed by atoms with Crippen molar-refractivity contribution in [3.05, 3.63) is 128 Å². The maximum absolute atomic E-state index is 13.5. The van der Waals surface area contributed by atoms with Crippen LogP contribution >= 0.6 is 22.9 Å². The smallest absolute Gasteiger partial charge is 0.228 e. The lowest BCUT2D eigenvalue weighted by atomic mass is 9.99. The summed E-state index contributed by atoms with van der Waals surface area (Å²) in [6.45, 7) is 11.8. The van der Waals surface area contributed by atoms with E-state index in [2.05, 4.69) is 46.1 Å². The predicted octanol–water partition coefficient (Wildman–Crippen LogP) is 8.23. The van der Waals surface area contributed by atoms with Gasteiger partial charge in [0.15, 0.2) is 5.82 Å². The molecule has 326 valence electrons. The van der Waals surface area contributed by atoms with Gasteiger partial charge in [-0.05, 0) is 105 Å². The summed E-state index contributed by atoms with van der Waals surface area (Å²) in [6.07, 6.45) is 0.481. The number of carbonyl (C=O) groups excluding carboxylic acids is 2. The molecule has 16 heteroatoms. The number of hydrogen-bond acceptors (Lipinski definition) is 12. The van der Waals surface area contributed by atoms with Crippen molar-refractivity contribution in [1.82, 2.24) is 19.7 Å². The van der Waals surface area contributed by atoms with E-state index >= 15 is 0 Å². The van der Waals surface area contributed by atoms with Gasteiger partial charge in [0, 0.05) is 50.2 Å². The second kappa shape index (κ2) is 20.0. The number of pyridine rings is 1. The first-order valence-corrected chi connectivity index (χ1v) is 22.1. The molecule has 3 N–H and O–H groups in total. The topological polar surface area (TPSA) is 163 Å². The van der Waals surface area contributed by atoms with Gasteiger partial charge in [0.25, 0.3) is 0 Å². The van der Waals surface area contributed by atoms with E-state index in [-0.39, 0.29) is 18.2 Å². The fourth-order valence-electron chi connectivity index (χ4n) is 7.53. The third-order valence-electron chi connectivity index (χ3n) is 10.8. The van der Waals surface area contributed by atoms with Gasteiger partial charge in [-0.25, -0.2) is 4.98 Å². The van der Waals surface area contributed by atoms with Crippen LogP contribution < -0.4 is 20.7 Å². The molecule has 0 saturated carbocycles. The van der Waals surface area contributed by atoms with E-state index in [0.717, 1.165) is 67.1 Å². The molecule has 1 atom stereocenters. The molecule has 2 aliphatic heterocycles. The highest BCUT2D eigenvalue weighted by Gasteiger charge is 2.32. The molecule has 0 unspecified atom stereocenters. The molecule has 63 heavy (non-hydrogen) atoms. The average molecular weight is 889 g/mol. The number of aliphatic imine (C=N–C) groups is 1. The number of rotatable bonds is 19. The van der Waals surface area contributed by atoms with E-state index in [9.17, 15) is 9.59 Å². The number of thiophene rings is 1. The van der Waals surface area contributed by atoms with Crippen LogP contribution in [0.1, 0.15) is 56.9 Å². The second-order valence-electron chi connectivity index (χ2n) is 15.2. The Balaban J connectivity index is 0.708. The van der Waals surface area contributed by atoms with Crippen molar-refractivity contribution >= 4 is 57.7 Å². The zero-order chi connectivity index (χ0) is 43.9. The van der Waals surface area contributed by atoms with Crippen LogP contribution in [0.25, 0.3) is 16.1 Å². The number of aryl methyl sites for hydroxylation is 3. The number of carbonyl (C=O) groups is 2. The first-order valence-electron chi connectivity index (χ1n) is 20.9. The third kappa shape index (κ3) is 10.5. The Morgan fingerprint density at radius 2 is 1.57 bits per heavy atom. The summed E-state index contributed by atoms with van der Waals surface area (Å²) >= 11 is 7.91. The highest BCUT2D eigenvalue weighted by molar-refractivity contribution is 7.15. The van der Waals surface area contributed by atoms with E-state index in [1.54, 1.807) is 23.5 Å². The number of hydrogen-bond donors (Lipinski definition) is 3. The molecule has 3 aromatic carbocycles. The van der Waals surface area contributed by atoms with Gasteiger partial charge in [-0.15, -0.1) is 21.5 Å². The number of nitrogens with one attached hydrogen (secondary N) is 3. The normalized spacial score (nSPS) is 14.0. The van der Waals surface area contributed by atoms with Crippen LogP contribution in [0.4, 0.5) is 17.2 Å². The molecule has 5 heterocycles. The van der Waals surface area contributed by atoms with Crippen molar-refractivity contribution in [1.29, 1.82) is 0 Å². The lowest BCUT2D eigenvalue weighted by Crippen LogP contribution is -2.17. The summed E-state index contributed by atoms with van der Waals surface area (Å²) in [7, 11) is 0. The van der Waals surface area contributed by atoms with Crippen LogP contribution in [-0.2, 0) is 30.2 Å².